The molecule has 1 saturated heterocycles. The Labute approximate surface area is 75.9 Å². The van der Waals surface area contributed by atoms with Crippen molar-refractivity contribution in [2.75, 3.05) is 19.6 Å². The van der Waals surface area contributed by atoms with Crippen LogP contribution in [0.2, 0.25) is 0 Å². The van der Waals surface area contributed by atoms with E-state index >= 15 is 0 Å². The smallest absolute Gasteiger partial charge is 0.314 e. The van der Waals surface area contributed by atoms with Gasteiger partial charge in [-0.05, 0) is 32.4 Å². The van der Waals surface area contributed by atoms with Crippen molar-refractivity contribution in [3.05, 3.63) is 0 Å². The van der Waals surface area contributed by atoms with Crippen LogP contribution in [0, 0.1) is 5.92 Å². The first-order valence-corrected chi connectivity index (χ1v) is 4.50. The van der Waals surface area contributed by atoms with Gasteiger partial charge in [0.1, 0.15) is 0 Å². The standard InChI is InChI=1S/C8H15F3N2/c1-6-7(2-3-13-6)4-12-5-8(9,10)11/h6-7,12-13H,2-5H2,1H3. The SMILES string of the molecule is CC1NCCC1CNCC(F)(F)F. The van der Waals surface area contributed by atoms with Crippen LogP contribution in [0.15, 0.2) is 0 Å². The van der Waals surface area contributed by atoms with Gasteiger partial charge in [0.25, 0.3) is 0 Å². The van der Waals surface area contributed by atoms with E-state index in [2.05, 4.69) is 10.6 Å². The fraction of sp³-hybridized carbons (Fsp3) is 1.00. The zero-order valence-corrected chi connectivity index (χ0v) is 7.62. The van der Waals surface area contributed by atoms with Crippen molar-refractivity contribution in [2.24, 2.45) is 5.92 Å². The lowest BCUT2D eigenvalue weighted by Crippen LogP contribution is -2.36. The highest BCUT2D eigenvalue weighted by atomic mass is 19.4. The molecule has 0 spiro atoms. The summed E-state index contributed by atoms with van der Waals surface area (Å²) in [5, 5.41) is 5.63. The number of hydrogen-bond donors (Lipinski definition) is 2. The largest absolute Gasteiger partial charge is 0.401 e. The minimum atomic E-state index is -4.09. The van der Waals surface area contributed by atoms with Crippen molar-refractivity contribution >= 4 is 0 Å². The zero-order valence-electron chi connectivity index (χ0n) is 7.62. The maximum atomic E-state index is 11.7. The number of halogens is 3. The van der Waals surface area contributed by atoms with Gasteiger partial charge in [-0.15, -0.1) is 0 Å². The van der Waals surface area contributed by atoms with Crippen molar-refractivity contribution in [1.29, 1.82) is 0 Å². The Morgan fingerprint density at radius 1 is 1.46 bits per heavy atom. The second-order valence-corrected chi connectivity index (χ2v) is 3.54. The molecule has 2 atom stereocenters. The Morgan fingerprint density at radius 3 is 2.62 bits per heavy atom. The van der Waals surface area contributed by atoms with Crippen LogP contribution in [0.1, 0.15) is 13.3 Å². The van der Waals surface area contributed by atoms with E-state index < -0.39 is 12.7 Å². The summed E-state index contributed by atoms with van der Waals surface area (Å²) in [5.74, 6) is 0.336. The first kappa shape index (κ1) is 10.8. The molecule has 2 unspecified atom stereocenters. The predicted molar refractivity (Wildman–Crippen MR) is 44.5 cm³/mol. The summed E-state index contributed by atoms with van der Waals surface area (Å²) in [6, 6.07) is 0.334. The minimum Gasteiger partial charge on any atom is -0.314 e. The fourth-order valence-corrected chi connectivity index (χ4v) is 1.59. The molecule has 13 heavy (non-hydrogen) atoms. The van der Waals surface area contributed by atoms with Crippen molar-refractivity contribution in [1.82, 2.24) is 10.6 Å². The third-order valence-corrected chi connectivity index (χ3v) is 2.42. The average Bonchev–Trinajstić information content (AvgIpc) is 2.34. The minimum absolute atomic E-state index is 0.334. The Morgan fingerprint density at radius 2 is 2.15 bits per heavy atom. The van der Waals surface area contributed by atoms with Gasteiger partial charge in [-0.25, -0.2) is 0 Å². The number of rotatable bonds is 3. The molecule has 1 heterocycles. The van der Waals surface area contributed by atoms with Crippen LogP contribution in [0.3, 0.4) is 0 Å². The van der Waals surface area contributed by atoms with Crippen molar-refractivity contribution in [3.8, 4) is 0 Å². The highest BCUT2D eigenvalue weighted by molar-refractivity contribution is 4.81. The summed E-state index contributed by atoms with van der Waals surface area (Å²) < 4.78 is 35.2. The molecule has 1 aliphatic rings. The lowest BCUT2D eigenvalue weighted by molar-refractivity contribution is -0.125. The maximum absolute atomic E-state index is 11.7. The zero-order chi connectivity index (χ0) is 9.90. The quantitative estimate of drug-likeness (QED) is 0.707. The van der Waals surface area contributed by atoms with E-state index in [4.69, 9.17) is 0 Å². The summed E-state index contributed by atoms with van der Waals surface area (Å²) in [5.41, 5.74) is 0. The van der Waals surface area contributed by atoms with E-state index in [0.717, 1.165) is 13.0 Å². The Kier molecular flexibility index (Phi) is 3.55. The summed E-state index contributed by atoms with van der Waals surface area (Å²) in [4.78, 5) is 0. The maximum Gasteiger partial charge on any atom is 0.401 e. The van der Waals surface area contributed by atoms with Crippen LogP contribution in [0.5, 0.6) is 0 Å². The van der Waals surface area contributed by atoms with Crippen molar-refractivity contribution in [3.63, 3.8) is 0 Å². The lowest BCUT2D eigenvalue weighted by atomic mass is 10.0. The first-order chi connectivity index (χ1) is 5.99. The van der Waals surface area contributed by atoms with Gasteiger partial charge in [0.05, 0.1) is 6.54 Å². The number of alkyl halides is 3. The van der Waals surface area contributed by atoms with Gasteiger partial charge in [-0.2, -0.15) is 13.2 Å². The average molecular weight is 196 g/mol. The summed E-state index contributed by atoms with van der Waals surface area (Å²) in [6.07, 6.45) is -3.12. The Bertz CT molecular complexity index is 158. The number of hydrogen-bond acceptors (Lipinski definition) is 2. The highest BCUT2D eigenvalue weighted by Gasteiger charge is 2.28. The van der Waals surface area contributed by atoms with E-state index in [1.165, 1.54) is 0 Å². The molecule has 0 saturated carbocycles. The molecule has 0 aromatic rings. The van der Waals surface area contributed by atoms with Gasteiger partial charge in [-0.1, -0.05) is 0 Å². The van der Waals surface area contributed by atoms with Gasteiger partial charge in [0, 0.05) is 6.04 Å². The third kappa shape index (κ3) is 3.95. The molecule has 1 aliphatic heterocycles. The molecule has 1 fully saturated rings. The van der Waals surface area contributed by atoms with Crippen LogP contribution in [-0.4, -0.2) is 31.9 Å². The van der Waals surface area contributed by atoms with Gasteiger partial charge in [0.15, 0.2) is 0 Å². The molecule has 0 bridgehead atoms. The van der Waals surface area contributed by atoms with Crippen LogP contribution in [-0.2, 0) is 0 Å². The van der Waals surface area contributed by atoms with Gasteiger partial charge in [-0.3, -0.25) is 0 Å². The van der Waals surface area contributed by atoms with Crippen LogP contribution >= 0.6 is 0 Å². The molecular formula is C8H15F3N2. The molecule has 78 valence electrons. The third-order valence-electron chi connectivity index (χ3n) is 2.42. The summed E-state index contributed by atoms with van der Waals surface area (Å²) >= 11 is 0. The monoisotopic (exact) mass is 196 g/mol. The van der Waals surface area contributed by atoms with E-state index in [9.17, 15) is 13.2 Å². The molecule has 1 rings (SSSR count). The fourth-order valence-electron chi connectivity index (χ4n) is 1.59. The van der Waals surface area contributed by atoms with E-state index in [1.807, 2.05) is 6.92 Å². The van der Waals surface area contributed by atoms with Crippen LogP contribution in [0.25, 0.3) is 0 Å². The normalized spacial score (nSPS) is 29.5. The number of nitrogens with one attached hydrogen (secondary N) is 2. The first-order valence-electron chi connectivity index (χ1n) is 4.50. The molecule has 0 radical (unpaired) electrons. The van der Waals surface area contributed by atoms with E-state index in [-0.39, 0.29) is 0 Å². The molecule has 0 aromatic carbocycles. The predicted octanol–water partition coefficient (Wildman–Crippen LogP) is 1.14. The van der Waals surface area contributed by atoms with Gasteiger partial charge < -0.3 is 10.6 Å². The second-order valence-electron chi connectivity index (χ2n) is 3.54. The summed E-state index contributed by atoms with van der Waals surface area (Å²) in [6.45, 7) is 2.50. The topological polar surface area (TPSA) is 24.1 Å². The van der Waals surface area contributed by atoms with E-state index in [1.54, 1.807) is 0 Å². The molecule has 2 nitrogen and oxygen atoms in total. The molecule has 0 aliphatic carbocycles. The molecule has 0 aromatic heterocycles. The van der Waals surface area contributed by atoms with E-state index in [0.29, 0.717) is 18.5 Å². The van der Waals surface area contributed by atoms with Crippen molar-refractivity contribution < 1.29 is 13.2 Å². The second kappa shape index (κ2) is 4.28. The highest BCUT2D eigenvalue weighted by Crippen LogP contribution is 2.15. The Balaban J connectivity index is 2.12. The van der Waals surface area contributed by atoms with Crippen LogP contribution < -0.4 is 10.6 Å². The molecule has 0 amide bonds. The molecular weight excluding hydrogens is 181 g/mol. The van der Waals surface area contributed by atoms with Crippen LogP contribution in [0.4, 0.5) is 13.2 Å². The molecule has 2 N–H and O–H groups in total. The van der Waals surface area contributed by atoms with Crippen molar-refractivity contribution in [2.45, 2.75) is 25.6 Å². The van der Waals surface area contributed by atoms with Gasteiger partial charge >= 0.3 is 6.18 Å². The Hall–Kier alpha value is -0.290. The lowest BCUT2D eigenvalue weighted by Gasteiger charge is -2.16. The molecule has 5 heteroatoms. The van der Waals surface area contributed by atoms with Gasteiger partial charge in [0.2, 0.25) is 0 Å². The summed E-state index contributed by atoms with van der Waals surface area (Å²) in [7, 11) is 0.